The molecule has 1 unspecified atom stereocenters. The molecule has 0 spiro atoms. The molecule has 126 valence electrons. The molecule has 2 N–H and O–H groups in total. The van der Waals surface area contributed by atoms with Crippen LogP contribution >= 0.6 is 11.8 Å². The summed E-state index contributed by atoms with van der Waals surface area (Å²) in [5.74, 6) is 0.0574. The fraction of sp³-hybridized carbons (Fsp3) is 0.571. The number of carboxylic acids is 1. The molecular formula is C14H20N4O4S. The second-order valence-corrected chi connectivity index (χ2v) is 6.26. The van der Waals surface area contributed by atoms with Crippen LogP contribution in [-0.4, -0.2) is 55.2 Å². The van der Waals surface area contributed by atoms with Gasteiger partial charge in [0.25, 0.3) is 0 Å². The summed E-state index contributed by atoms with van der Waals surface area (Å²) in [7, 11) is 0. The molecule has 8 nitrogen and oxygen atoms in total. The van der Waals surface area contributed by atoms with Gasteiger partial charge >= 0.3 is 5.97 Å². The summed E-state index contributed by atoms with van der Waals surface area (Å²) >= 11 is 1.55. The maximum absolute atomic E-state index is 12.4. The van der Waals surface area contributed by atoms with Crippen molar-refractivity contribution in [3.05, 3.63) is 12.3 Å². The van der Waals surface area contributed by atoms with Crippen LogP contribution in [-0.2, 0) is 20.9 Å². The average molecular weight is 340 g/mol. The summed E-state index contributed by atoms with van der Waals surface area (Å²) in [5.41, 5.74) is 0. The van der Waals surface area contributed by atoms with Crippen LogP contribution in [0.15, 0.2) is 12.3 Å². The Morgan fingerprint density at radius 1 is 1.48 bits per heavy atom. The quantitative estimate of drug-likeness (QED) is 0.767. The Hall–Kier alpha value is -2.03. The molecule has 1 aromatic heterocycles. The number of nitrogens with one attached hydrogen (secondary N) is 1. The van der Waals surface area contributed by atoms with E-state index in [1.807, 2.05) is 6.92 Å². The number of carbonyl (C=O) groups is 3. The third kappa shape index (κ3) is 4.72. The van der Waals surface area contributed by atoms with Crippen molar-refractivity contribution in [1.82, 2.24) is 14.7 Å². The molecule has 0 saturated carbocycles. The molecule has 0 bridgehead atoms. The number of unbranched alkanes of at least 4 members (excludes halogenated alkanes) is 1. The zero-order valence-corrected chi connectivity index (χ0v) is 13.7. The minimum Gasteiger partial charge on any atom is -0.480 e. The van der Waals surface area contributed by atoms with E-state index in [1.54, 1.807) is 16.7 Å². The molecule has 0 aromatic carbocycles. The Bertz CT molecular complexity index is 589. The maximum atomic E-state index is 12.4. The highest BCUT2D eigenvalue weighted by Gasteiger charge is 2.34. The zero-order chi connectivity index (χ0) is 16.8. The van der Waals surface area contributed by atoms with Crippen molar-refractivity contribution in [3.63, 3.8) is 0 Å². The molecule has 23 heavy (non-hydrogen) atoms. The number of thioether (sulfide) groups is 1. The number of anilines is 1. The molecule has 0 radical (unpaired) electrons. The molecule has 2 amide bonds. The number of aromatic nitrogens is 2. The topological polar surface area (TPSA) is 105 Å². The molecular weight excluding hydrogens is 320 g/mol. The normalized spacial score (nSPS) is 17.3. The second-order valence-electron chi connectivity index (χ2n) is 5.26. The van der Waals surface area contributed by atoms with Gasteiger partial charge in [-0.15, -0.1) is 11.8 Å². The molecule has 0 aliphatic carbocycles. The lowest BCUT2D eigenvalue weighted by atomic mass is 10.2. The van der Waals surface area contributed by atoms with E-state index in [1.165, 1.54) is 16.9 Å². The number of amides is 2. The SMILES string of the molecule is CCCCC(=O)N1CSCC1C(=O)Nc1ccn(CC(=O)O)n1. The van der Waals surface area contributed by atoms with Gasteiger partial charge in [-0.3, -0.25) is 19.1 Å². The highest BCUT2D eigenvalue weighted by molar-refractivity contribution is 7.99. The lowest BCUT2D eigenvalue weighted by Crippen LogP contribution is -2.44. The number of hydrogen-bond donors (Lipinski definition) is 2. The first-order valence-corrected chi connectivity index (χ1v) is 8.60. The van der Waals surface area contributed by atoms with Crippen LogP contribution < -0.4 is 5.32 Å². The van der Waals surface area contributed by atoms with E-state index in [0.717, 1.165) is 12.8 Å². The van der Waals surface area contributed by atoms with Crippen LogP contribution in [0, 0.1) is 0 Å². The summed E-state index contributed by atoms with van der Waals surface area (Å²) in [6, 6.07) is 1.03. The Labute approximate surface area is 138 Å². The fourth-order valence-corrected chi connectivity index (χ4v) is 3.42. The highest BCUT2D eigenvalue weighted by Crippen LogP contribution is 2.23. The van der Waals surface area contributed by atoms with E-state index in [-0.39, 0.29) is 24.2 Å². The number of carboxylic acid groups (broad SMARTS) is 1. The van der Waals surface area contributed by atoms with Crippen molar-refractivity contribution in [2.24, 2.45) is 0 Å². The van der Waals surface area contributed by atoms with Gasteiger partial charge in [0.05, 0.1) is 5.88 Å². The smallest absolute Gasteiger partial charge is 0.325 e. The van der Waals surface area contributed by atoms with E-state index in [9.17, 15) is 14.4 Å². The first kappa shape index (κ1) is 17.3. The van der Waals surface area contributed by atoms with Gasteiger partial charge in [0.1, 0.15) is 12.6 Å². The van der Waals surface area contributed by atoms with Crippen LogP contribution in [0.25, 0.3) is 0 Å². The standard InChI is InChI=1S/C14H20N4O4S/c1-2-3-4-12(19)18-9-23-8-10(18)14(22)15-11-5-6-17(16-11)7-13(20)21/h5-6,10H,2-4,7-9H2,1H3,(H,20,21)(H,15,16,22). The van der Waals surface area contributed by atoms with E-state index in [2.05, 4.69) is 10.4 Å². The molecule has 2 rings (SSSR count). The molecule has 1 aliphatic rings. The third-order valence-corrected chi connectivity index (χ3v) is 4.45. The Balaban J connectivity index is 1.95. The first-order valence-electron chi connectivity index (χ1n) is 7.44. The predicted molar refractivity (Wildman–Crippen MR) is 86.0 cm³/mol. The van der Waals surface area contributed by atoms with Gasteiger partial charge in [-0.1, -0.05) is 13.3 Å². The molecule has 1 saturated heterocycles. The summed E-state index contributed by atoms with van der Waals surface area (Å²) < 4.78 is 1.23. The zero-order valence-electron chi connectivity index (χ0n) is 12.9. The van der Waals surface area contributed by atoms with Crippen LogP contribution in [0.4, 0.5) is 5.82 Å². The predicted octanol–water partition coefficient (Wildman–Crippen LogP) is 0.998. The van der Waals surface area contributed by atoms with Gasteiger partial charge in [0.15, 0.2) is 5.82 Å². The molecule has 1 aromatic rings. The minimum atomic E-state index is -1.01. The number of carbonyl (C=O) groups excluding carboxylic acids is 2. The second kappa shape index (κ2) is 8.00. The van der Waals surface area contributed by atoms with Crippen molar-refractivity contribution < 1.29 is 19.5 Å². The van der Waals surface area contributed by atoms with E-state index in [4.69, 9.17) is 5.11 Å². The van der Waals surface area contributed by atoms with Gasteiger partial charge in [0, 0.05) is 24.4 Å². The van der Waals surface area contributed by atoms with Crippen molar-refractivity contribution in [1.29, 1.82) is 0 Å². The van der Waals surface area contributed by atoms with Gasteiger partial charge in [-0.05, 0) is 6.42 Å². The highest BCUT2D eigenvalue weighted by atomic mass is 32.2. The molecule has 1 aliphatic heterocycles. The first-order chi connectivity index (χ1) is 11.0. The van der Waals surface area contributed by atoms with Crippen molar-refractivity contribution in [2.45, 2.75) is 38.8 Å². The Kier molecular flexibility index (Phi) is 6.03. The van der Waals surface area contributed by atoms with Gasteiger partial charge in [-0.25, -0.2) is 0 Å². The van der Waals surface area contributed by atoms with Crippen LogP contribution in [0.5, 0.6) is 0 Å². The van der Waals surface area contributed by atoms with Crippen molar-refractivity contribution in [2.75, 3.05) is 16.9 Å². The molecule has 2 heterocycles. The summed E-state index contributed by atoms with van der Waals surface area (Å²) in [6.45, 7) is 1.75. The van der Waals surface area contributed by atoms with Gasteiger partial charge in [0.2, 0.25) is 11.8 Å². The lowest BCUT2D eigenvalue weighted by molar-refractivity contribution is -0.138. The minimum absolute atomic E-state index is 0.00611. The average Bonchev–Trinajstić information content (AvgIpc) is 3.13. The van der Waals surface area contributed by atoms with E-state index < -0.39 is 12.0 Å². The number of rotatable bonds is 7. The summed E-state index contributed by atoms with van der Waals surface area (Å²) in [4.78, 5) is 36.7. The summed E-state index contributed by atoms with van der Waals surface area (Å²) in [5, 5.41) is 15.3. The molecule has 1 fully saturated rings. The van der Waals surface area contributed by atoms with Crippen molar-refractivity contribution >= 4 is 35.4 Å². The van der Waals surface area contributed by atoms with Gasteiger partial charge < -0.3 is 15.3 Å². The van der Waals surface area contributed by atoms with Gasteiger partial charge in [-0.2, -0.15) is 5.10 Å². The Morgan fingerprint density at radius 3 is 2.96 bits per heavy atom. The maximum Gasteiger partial charge on any atom is 0.325 e. The van der Waals surface area contributed by atoms with E-state index >= 15 is 0 Å². The molecule has 1 atom stereocenters. The number of hydrogen-bond acceptors (Lipinski definition) is 5. The largest absolute Gasteiger partial charge is 0.480 e. The monoisotopic (exact) mass is 340 g/mol. The van der Waals surface area contributed by atoms with Crippen LogP contribution in [0.1, 0.15) is 26.2 Å². The molecule has 9 heteroatoms. The Morgan fingerprint density at radius 2 is 2.26 bits per heavy atom. The van der Waals surface area contributed by atoms with Crippen LogP contribution in [0.2, 0.25) is 0 Å². The van der Waals surface area contributed by atoms with E-state index in [0.29, 0.717) is 18.1 Å². The third-order valence-electron chi connectivity index (χ3n) is 3.44. The van der Waals surface area contributed by atoms with Crippen LogP contribution in [0.3, 0.4) is 0 Å². The number of nitrogens with zero attached hydrogens (tertiary/aromatic N) is 3. The fourth-order valence-electron chi connectivity index (χ4n) is 2.24. The number of aliphatic carboxylic acids is 1. The summed E-state index contributed by atoms with van der Waals surface area (Å²) in [6.07, 6.45) is 3.68. The lowest BCUT2D eigenvalue weighted by Gasteiger charge is -2.22. The van der Waals surface area contributed by atoms with Crippen molar-refractivity contribution in [3.8, 4) is 0 Å².